The number of ether oxygens (including phenoxy) is 2. The van der Waals surface area contributed by atoms with Crippen LogP contribution in [-0.4, -0.2) is 41.9 Å². The summed E-state index contributed by atoms with van der Waals surface area (Å²) in [6.45, 7) is 0.321. The number of aliphatic hydroxyl groups is 1. The second-order valence-corrected chi connectivity index (χ2v) is 11.0. The zero-order chi connectivity index (χ0) is 25.9. The van der Waals surface area contributed by atoms with Gasteiger partial charge in [-0.15, -0.1) is 0 Å². The summed E-state index contributed by atoms with van der Waals surface area (Å²) in [5.74, 6) is 0.861. The molecule has 4 aromatic rings. The van der Waals surface area contributed by atoms with Gasteiger partial charge in [0.25, 0.3) is 0 Å². The summed E-state index contributed by atoms with van der Waals surface area (Å²) >= 11 is 0. The van der Waals surface area contributed by atoms with Crippen molar-refractivity contribution in [3.8, 4) is 16.9 Å². The van der Waals surface area contributed by atoms with Crippen LogP contribution in [0, 0.1) is 0 Å². The van der Waals surface area contributed by atoms with E-state index in [2.05, 4.69) is 54.6 Å². The molecule has 0 spiro atoms. The molecule has 0 radical (unpaired) electrons. The minimum Gasteiger partial charge on any atom is -0.497 e. The highest BCUT2D eigenvalue weighted by atomic mass is 16.6. The SMILES string of the molecule is COc1ccc2cc(C3(O)CC4CCC(C3)N4C(=O)OCC3c4ccccc4-c4ccccc43)ccc2c1. The number of fused-ring (bicyclic) bond motifs is 6. The third-order valence-corrected chi connectivity index (χ3v) is 8.90. The molecule has 0 aromatic heterocycles. The Morgan fingerprint density at radius 3 is 2.13 bits per heavy atom. The van der Waals surface area contributed by atoms with Crippen LogP contribution in [0.4, 0.5) is 4.79 Å². The normalized spacial score (nSPS) is 23.8. The van der Waals surface area contributed by atoms with E-state index in [0.717, 1.165) is 34.9 Å². The number of piperidine rings is 1. The number of carbonyl (C=O) groups excluding carboxylic acids is 1. The summed E-state index contributed by atoms with van der Waals surface area (Å²) in [5.41, 5.74) is 4.83. The summed E-state index contributed by atoms with van der Waals surface area (Å²) < 4.78 is 11.4. The van der Waals surface area contributed by atoms with E-state index in [1.807, 2.05) is 35.2 Å². The Labute approximate surface area is 222 Å². The first-order chi connectivity index (χ1) is 18.5. The maximum Gasteiger partial charge on any atom is 0.410 e. The summed E-state index contributed by atoms with van der Waals surface area (Å²) in [5, 5.41) is 14.0. The molecular weight excluding hydrogens is 474 g/mol. The zero-order valence-electron chi connectivity index (χ0n) is 21.5. The second-order valence-electron chi connectivity index (χ2n) is 11.0. The fourth-order valence-corrected chi connectivity index (χ4v) is 7.07. The van der Waals surface area contributed by atoms with Crippen LogP contribution in [0.25, 0.3) is 21.9 Å². The minimum absolute atomic E-state index is 0.0269. The van der Waals surface area contributed by atoms with Gasteiger partial charge < -0.3 is 19.5 Å². The number of methoxy groups -OCH3 is 1. The smallest absolute Gasteiger partial charge is 0.410 e. The van der Waals surface area contributed by atoms with Gasteiger partial charge in [0.2, 0.25) is 0 Å². The fraction of sp³-hybridized carbons (Fsp3) is 0.303. The van der Waals surface area contributed by atoms with Crippen LogP contribution in [-0.2, 0) is 10.3 Å². The monoisotopic (exact) mass is 505 g/mol. The number of benzene rings is 4. The van der Waals surface area contributed by atoms with Crippen molar-refractivity contribution in [2.24, 2.45) is 0 Å². The molecule has 2 heterocycles. The van der Waals surface area contributed by atoms with Crippen molar-refractivity contribution in [1.82, 2.24) is 4.90 Å². The molecule has 3 aliphatic rings. The predicted octanol–water partition coefficient (Wildman–Crippen LogP) is 6.61. The van der Waals surface area contributed by atoms with E-state index < -0.39 is 5.60 Å². The maximum atomic E-state index is 13.4. The van der Waals surface area contributed by atoms with Gasteiger partial charge in [-0.05, 0) is 69.6 Å². The Balaban J connectivity index is 1.08. The average Bonchev–Trinajstić information content (AvgIpc) is 3.43. The molecule has 2 bridgehead atoms. The fourth-order valence-electron chi connectivity index (χ4n) is 7.07. The maximum absolute atomic E-state index is 13.4. The van der Waals surface area contributed by atoms with E-state index in [4.69, 9.17) is 9.47 Å². The molecule has 2 aliphatic heterocycles. The molecule has 2 unspecified atom stereocenters. The van der Waals surface area contributed by atoms with Gasteiger partial charge in [0.05, 0.1) is 12.7 Å². The molecule has 7 rings (SSSR count). The molecule has 5 nitrogen and oxygen atoms in total. The molecule has 0 saturated carbocycles. The van der Waals surface area contributed by atoms with Crippen molar-refractivity contribution >= 4 is 16.9 Å². The Morgan fingerprint density at radius 2 is 1.47 bits per heavy atom. The Kier molecular flexibility index (Phi) is 5.45. The van der Waals surface area contributed by atoms with Crippen molar-refractivity contribution in [1.29, 1.82) is 0 Å². The van der Waals surface area contributed by atoms with E-state index in [1.54, 1.807) is 7.11 Å². The molecule has 2 saturated heterocycles. The lowest BCUT2D eigenvalue weighted by Gasteiger charge is -2.43. The lowest BCUT2D eigenvalue weighted by Crippen LogP contribution is -2.52. The Hall–Kier alpha value is -3.83. The van der Waals surface area contributed by atoms with Crippen LogP contribution >= 0.6 is 0 Å². The first kappa shape index (κ1) is 23.3. The van der Waals surface area contributed by atoms with Crippen LogP contribution in [0.2, 0.25) is 0 Å². The van der Waals surface area contributed by atoms with Gasteiger partial charge in [0, 0.05) is 30.8 Å². The number of amides is 1. The van der Waals surface area contributed by atoms with Gasteiger partial charge >= 0.3 is 6.09 Å². The first-order valence-corrected chi connectivity index (χ1v) is 13.5. The van der Waals surface area contributed by atoms with Gasteiger partial charge in [-0.1, -0.05) is 66.7 Å². The van der Waals surface area contributed by atoms with Gasteiger partial charge in [0.1, 0.15) is 12.4 Å². The quantitative estimate of drug-likeness (QED) is 0.339. The third kappa shape index (κ3) is 3.68. The second kappa shape index (κ2) is 8.88. The highest BCUT2D eigenvalue weighted by molar-refractivity contribution is 5.85. The molecule has 4 aromatic carbocycles. The highest BCUT2D eigenvalue weighted by Crippen LogP contribution is 2.48. The van der Waals surface area contributed by atoms with Crippen molar-refractivity contribution in [2.45, 2.75) is 49.3 Å². The number of nitrogens with zero attached hydrogens (tertiary/aromatic N) is 1. The summed E-state index contributed by atoms with van der Waals surface area (Å²) in [6.07, 6.45) is 2.57. The lowest BCUT2D eigenvalue weighted by molar-refractivity contribution is -0.0530. The van der Waals surface area contributed by atoms with Gasteiger partial charge in [0.15, 0.2) is 0 Å². The first-order valence-electron chi connectivity index (χ1n) is 13.5. The Morgan fingerprint density at radius 1 is 0.868 bits per heavy atom. The molecule has 5 heteroatoms. The van der Waals surface area contributed by atoms with E-state index in [9.17, 15) is 9.90 Å². The van der Waals surface area contributed by atoms with Crippen molar-refractivity contribution in [3.05, 3.63) is 102 Å². The number of hydrogen-bond acceptors (Lipinski definition) is 4. The van der Waals surface area contributed by atoms with E-state index in [-0.39, 0.29) is 24.1 Å². The molecule has 1 aliphatic carbocycles. The molecule has 1 N–H and O–H groups in total. The predicted molar refractivity (Wildman–Crippen MR) is 147 cm³/mol. The summed E-state index contributed by atoms with van der Waals surface area (Å²) in [6, 6.07) is 28.9. The van der Waals surface area contributed by atoms with Crippen molar-refractivity contribution in [2.75, 3.05) is 13.7 Å². The minimum atomic E-state index is -0.958. The molecule has 1 amide bonds. The molecule has 38 heavy (non-hydrogen) atoms. The number of rotatable bonds is 4. The molecular formula is C33H31NO4. The molecule has 2 fully saturated rings. The Bertz CT molecular complexity index is 1490. The van der Waals surface area contributed by atoms with Crippen LogP contribution in [0.3, 0.4) is 0 Å². The van der Waals surface area contributed by atoms with Gasteiger partial charge in [-0.2, -0.15) is 0 Å². The van der Waals surface area contributed by atoms with Crippen molar-refractivity contribution in [3.63, 3.8) is 0 Å². The van der Waals surface area contributed by atoms with Crippen LogP contribution in [0.5, 0.6) is 5.75 Å². The lowest BCUT2D eigenvalue weighted by atomic mass is 9.80. The molecule has 2 atom stereocenters. The van der Waals surface area contributed by atoms with Gasteiger partial charge in [-0.25, -0.2) is 4.79 Å². The third-order valence-electron chi connectivity index (χ3n) is 8.90. The highest BCUT2D eigenvalue weighted by Gasteiger charge is 2.50. The van der Waals surface area contributed by atoms with E-state index >= 15 is 0 Å². The average molecular weight is 506 g/mol. The van der Waals surface area contributed by atoms with Crippen LogP contribution in [0.1, 0.15) is 48.3 Å². The summed E-state index contributed by atoms with van der Waals surface area (Å²) in [4.78, 5) is 15.3. The zero-order valence-corrected chi connectivity index (χ0v) is 21.5. The topological polar surface area (TPSA) is 59.0 Å². The molecule has 192 valence electrons. The van der Waals surface area contributed by atoms with E-state index in [0.29, 0.717) is 19.4 Å². The van der Waals surface area contributed by atoms with E-state index in [1.165, 1.54) is 22.3 Å². The largest absolute Gasteiger partial charge is 0.497 e. The van der Waals surface area contributed by atoms with Gasteiger partial charge in [-0.3, -0.25) is 0 Å². The van der Waals surface area contributed by atoms with Crippen LogP contribution < -0.4 is 4.74 Å². The number of hydrogen-bond donors (Lipinski definition) is 1. The van der Waals surface area contributed by atoms with Crippen molar-refractivity contribution < 1.29 is 19.4 Å². The van der Waals surface area contributed by atoms with Crippen LogP contribution in [0.15, 0.2) is 84.9 Å². The number of carbonyl (C=O) groups is 1. The standard InChI is InChI=1S/C33H31NO4/c1-37-26-15-11-21-16-23(12-10-22(21)17-26)33(36)18-24-13-14-25(19-33)34(24)32(35)38-20-31-29-8-4-2-6-27(29)28-7-3-5-9-30(28)31/h2-12,15-17,24-25,31,36H,13-14,18-20H2,1H3. The summed E-state index contributed by atoms with van der Waals surface area (Å²) in [7, 11) is 1.67.